The average molecular weight is 433 g/mol. The minimum absolute atomic E-state index is 0.169. The van der Waals surface area contributed by atoms with Gasteiger partial charge in [0.15, 0.2) is 5.96 Å². The van der Waals surface area contributed by atoms with Crippen molar-refractivity contribution in [2.75, 3.05) is 59.7 Å². The van der Waals surface area contributed by atoms with Crippen LogP contribution >= 0.6 is 0 Å². The number of aliphatic imine (C=N–C) groups is 1. The number of ether oxygens (including phenoxy) is 3. The van der Waals surface area contributed by atoms with E-state index in [1.54, 1.807) is 7.11 Å². The number of benzene rings is 1. The van der Waals surface area contributed by atoms with Gasteiger partial charge in [0.25, 0.3) is 0 Å². The molecule has 2 N–H and O–H groups in total. The van der Waals surface area contributed by atoms with E-state index >= 15 is 0 Å². The van der Waals surface area contributed by atoms with E-state index in [1.165, 1.54) is 25.9 Å². The molecule has 7 heteroatoms. The van der Waals surface area contributed by atoms with Gasteiger partial charge in [-0.15, -0.1) is 0 Å². The van der Waals surface area contributed by atoms with Gasteiger partial charge in [-0.05, 0) is 69.8 Å². The zero-order valence-electron chi connectivity index (χ0n) is 19.3. The highest BCUT2D eigenvalue weighted by Crippen LogP contribution is 2.30. The van der Waals surface area contributed by atoms with Crippen molar-refractivity contribution >= 4 is 5.96 Å². The molecule has 0 unspecified atom stereocenters. The molecule has 0 saturated carbocycles. The van der Waals surface area contributed by atoms with E-state index in [0.29, 0.717) is 6.54 Å². The van der Waals surface area contributed by atoms with Gasteiger partial charge < -0.3 is 24.8 Å². The van der Waals surface area contributed by atoms with Crippen LogP contribution in [-0.4, -0.2) is 76.1 Å². The van der Waals surface area contributed by atoms with Crippen molar-refractivity contribution in [3.05, 3.63) is 29.8 Å². The topological polar surface area (TPSA) is 67.3 Å². The Morgan fingerprint density at radius 3 is 2.55 bits per heavy atom. The van der Waals surface area contributed by atoms with Crippen LogP contribution in [0.15, 0.2) is 29.3 Å². The van der Waals surface area contributed by atoms with Crippen LogP contribution in [0.25, 0.3) is 0 Å². The third kappa shape index (κ3) is 7.37. The molecule has 7 nitrogen and oxygen atoms in total. The van der Waals surface area contributed by atoms with E-state index in [2.05, 4.69) is 27.7 Å². The van der Waals surface area contributed by atoms with Crippen molar-refractivity contribution in [1.29, 1.82) is 0 Å². The summed E-state index contributed by atoms with van der Waals surface area (Å²) in [5, 5.41) is 7.17. The van der Waals surface area contributed by atoms with Crippen LogP contribution in [-0.2, 0) is 16.0 Å². The number of nitrogens with one attached hydrogen (secondary N) is 2. The number of hydrogen-bond acceptors (Lipinski definition) is 5. The maximum atomic E-state index is 5.69. The fourth-order valence-electron chi connectivity index (χ4n) is 4.40. The largest absolute Gasteiger partial charge is 0.497 e. The number of likely N-dealkylation sites (tertiary alicyclic amines) is 1. The standard InChI is InChI=1S/C24H40N4O3/c1-3-30-16-6-13-25-23(26-19-21-7-9-22(29-2)10-8-21)27-20-24(11-17-31-18-12-24)28-14-4-5-15-28/h7-10H,3-6,11-20H2,1-2H3,(H2,25,26,27). The summed E-state index contributed by atoms with van der Waals surface area (Å²) in [7, 11) is 1.69. The minimum Gasteiger partial charge on any atom is -0.497 e. The summed E-state index contributed by atoms with van der Waals surface area (Å²) in [6.45, 7) is 10.0. The van der Waals surface area contributed by atoms with Crippen LogP contribution in [0.5, 0.6) is 5.75 Å². The lowest BCUT2D eigenvalue weighted by molar-refractivity contribution is -0.0164. The molecule has 1 aromatic carbocycles. The molecule has 174 valence electrons. The maximum Gasteiger partial charge on any atom is 0.191 e. The van der Waals surface area contributed by atoms with E-state index in [4.69, 9.17) is 19.2 Å². The van der Waals surface area contributed by atoms with Gasteiger partial charge in [-0.25, -0.2) is 4.99 Å². The third-order valence-corrected chi connectivity index (χ3v) is 6.33. The molecule has 2 heterocycles. The number of guanidine groups is 1. The third-order valence-electron chi connectivity index (χ3n) is 6.33. The Bertz CT molecular complexity index is 653. The van der Waals surface area contributed by atoms with Gasteiger partial charge in [-0.3, -0.25) is 4.90 Å². The summed E-state index contributed by atoms with van der Waals surface area (Å²) in [6.07, 6.45) is 5.72. The van der Waals surface area contributed by atoms with E-state index in [-0.39, 0.29) is 5.54 Å². The Morgan fingerprint density at radius 1 is 1.13 bits per heavy atom. The molecule has 0 spiro atoms. The highest BCUT2D eigenvalue weighted by molar-refractivity contribution is 5.79. The zero-order valence-corrected chi connectivity index (χ0v) is 19.3. The maximum absolute atomic E-state index is 5.69. The molecule has 0 aliphatic carbocycles. The Balaban J connectivity index is 1.62. The Labute approximate surface area is 187 Å². The summed E-state index contributed by atoms with van der Waals surface area (Å²) in [6, 6.07) is 8.11. The second kappa shape index (κ2) is 12.9. The predicted octanol–water partition coefficient (Wildman–Crippen LogP) is 2.80. The van der Waals surface area contributed by atoms with Gasteiger partial charge in [-0.2, -0.15) is 0 Å². The van der Waals surface area contributed by atoms with Crippen LogP contribution in [0.2, 0.25) is 0 Å². The van der Waals surface area contributed by atoms with Crippen LogP contribution in [0, 0.1) is 0 Å². The molecular weight excluding hydrogens is 392 g/mol. The molecule has 31 heavy (non-hydrogen) atoms. The highest BCUT2D eigenvalue weighted by Gasteiger charge is 2.39. The minimum atomic E-state index is 0.169. The molecule has 2 aliphatic heterocycles. The molecule has 1 aromatic rings. The first-order valence-electron chi connectivity index (χ1n) is 11.8. The van der Waals surface area contributed by atoms with Gasteiger partial charge >= 0.3 is 0 Å². The fourth-order valence-corrected chi connectivity index (χ4v) is 4.40. The fraction of sp³-hybridized carbons (Fsp3) is 0.708. The number of hydrogen-bond donors (Lipinski definition) is 2. The zero-order chi connectivity index (χ0) is 21.8. The lowest BCUT2D eigenvalue weighted by Crippen LogP contribution is -2.58. The molecular formula is C24H40N4O3. The van der Waals surface area contributed by atoms with Crippen molar-refractivity contribution in [2.45, 2.75) is 51.1 Å². The van der Waals surface area contributed by atoms with Crippen LogP contribution in [0.4, 0.5) is 0 Å². The normalized spacial score (nSPS) is 19.4. The predicted molar refractivity (Wildman–Crippen MR) is 125 cm³/mol. The molecule has 0 aromatic heterocycles. The van der Waals surface area contributed by atoms with Crippen molar-refractivity contribution < 1.29 is 14.2 Å². The molecule has 3 rings (SSSR count). The van der Waals surface area contributed by atoms with Gasteiger partial charge in [0, 0.05) is 45.1 Å². The highest BCUT2D eigenvalue weighted by atomic mass is 16.5. The summed E-state index contributed by atoms with van der Waals surface area (Å²) in [5.41, 5.74) is 1.33. The summed E-state index contributed by atoms with van der Waals surface area (Å²) in [5.74, 6) is 1.74. The van der Waals surface area contributed by atoms with Gasteiger partial charge in [-0.1, -0.05) is 12.1 Å². The number of rotatable bonds is 11. The van der Waals surface area contributed by atoms with Crippen molar-refractivity contribution in [3.63, 3.8) is 0 Å². The van der Waals surface area contributed by atoms with Crippen LogP contribution < -0.4 is 15.4 Å². The van der Waals surface area contributed by atoms with Gasteiger partial charge in [0.05, 0.1) is 13.7 Å². The van der Waals surface area contributed by atoms with E-state index in [1.807, 2.05) is 19.1 Å². The molecule has 0 bridgehead atoms. The lowest BCUT2D eigenvalue weighted by Gasteiger charge is -2.45. The Hall–Kier alpha value is -1.83. The Kier molecular flexibility index (Phi) is 9.90. The van der Waals surface area contributed by atoms with E-state index in [9.17, 15) is 0 Å². The molecule has 0 atom stereocenters. The first kappa shape index (κ1) is 23.8. The number of methoxy groups -OCH3 is 1. The Morgan fingerprint density at radius 2 is 1.87 bits per heavy atom. The SMILES string of the molecule is CCOCCCNC(=NCc1ccc(OC)cc1)NCC1(N2CCCC2)CCOCC1. The van der Waals surface area contributed by atoms with E-state index in [0.717, 1.165) is 76.1 Å². The second-order valence-electron chi connectivity index (χ2n) is 8.37. The molecule has 2 saturated heterocycles. The smallest absolute Gasteiger partial charge is 0.191 e. The van der Waals surface area contributed by atoms with Gasteiger partial charge in [0.2, 0.25) is 0 Å². The number of nitrogens with zero attached hydrogens (tertiary/aromatic N) is 2. The summed E-state index contributed by atoms with van der Waals surface area (Å²) < 4.78 is 16.4. The first-order valence-corrected chi connectivity index (χ1v) is 11.8. The molecule has 0 amide bonds. The quantitative estimate of drug-likeness (QED) is 0.318. The second-order valence-corrected chi connectivity index (χ2v) is 8.37. The molecule has 2 fully saturated rings. The van der Waals surface area contributed by atoms with E-state index < -0.39 is 0 Å². The summed E-state index contributed by atoms with van der Waals surface area (Å²) in [4.78, 5) is 7.55. The molecule has 0 radical (unpaired) electrons. The average Bonchev–Trinajstić information content (AvgIpc) is 3.37. The monoisotopic (exact) mass is 432 g/mol. The van der Waals surface area contributed by atoms with Gasteiger partial charge in [0.1, 0.15) is 5.75 Å². The van der Waals surface area contributed by atoms with Crippen molar-refractivity contribution in [2.24, 2.45) is 4.99 Å². The lowest BCUT2D eigenvalue weighted by atomic mass is 9.88. The first-order chi connectivity index (χ1) is 15.3. The van der Waals surface area contributed by atoms with Crippen molar-refractivity contribution in [3.8, 4) is 5.75 Å². The van der Waals surface area contributed by atoms with Crippen LogP contribution in [0.3, 0.4) is 0 Å². The molecule has 2 aliphatic rings. The van der Waals surface area contributed by atoms with Crippen LogP contribution in [0.1, 0.15) is 44.6 Å². The summed E-state index contributed by atoms with van der Waals surface area (Å²) >= 11 is 0. The van der Waals surface area contributed by atoms with Crippen molar-refractivity contribution in [1.82, 2.24) is 15.5 Å².